The largest absolute Gasteiger partial charge is 0.329 e. The average molecular weight is 437 g/mol. The zero-order valence-electron chi connectivity index (χ0n) is 17.0. The molecule has 1 N–H and O–H groups in total. The maximum Gasteiger partial charge on any atom is 0.329 e. The number of anilines is 3. The first-order valence-electron chi connectivity index (χ1n) is 9.48. The molecule has 3 rings (SSSR count). The lowest BCUT2D eigenvalue weighted by atomic mass is 10.1. The molecule has 0 fully saturated rings. The summed E-state index contributed by atoms with van der Waals surface area (Å²) in [6, 6.07) is 10.6. The highest BCUT2D eigenvalue weighted by Crippen LogP contribution is 2.36. The molecule has 1 aromatic carbocycles. The minimum Gasteiger partial charge on any atom is -0.316 e. The third-order valence-corrected chi connectivity index (χ3v) is 5.18. The van der Waals surface area contributed by atoms with Gasteiger partial charge in [-0.05, 0) is 50.6 Å². The summed E-state index contributed by atoms with van der Waals surface area (Å²) in [5.41, 5.74) is 2.11. The maximum atomic E-state index is 13.1. The molecule has 0 unspecified atom stereocenters. The lowest BCUT2D eigenvalue weighted by Crippen LogP contribution is -2.48. The van der Waals surface area contributed by atoms with Crippen LogP contribution in [0.4, 0.5) is 22.0 Å². The van der Waals surface area contributed by atoms with Gasteiger partial charge < -0.3 is 10.2 Å². The first kappa shape index (κ1) is 23.0. The Hall–Kier alpha value is -2.31. The lowest BCUT2D eigenvalue weighted by molar-refractivity contribution is -0.119. The first-order chi connectivity index (χ1) is 13.3. The van der Waals surface area contributed by atoms with Crippen molar-refractivity contribution in [1.29, 1.82) is 0 Å². The van der Waals surface area contributed by atoms with E-state index in [1.807, 2.05) is 45.9 Å². The van der Waals surface area contributed by atoms with Crippen molar-refractivity contribution in [2.45, 2.75) is 46.7 Å². The summed E-state index contributed by atoms with van der Waals surface area (Å²) in [5.74, 6) is 0.344. The van der Waals surface area contributed by atoms with Crippen LogP contribution in [-0.2, 0) is 11.3 Å². The molecule has 1 aliphatic heterocycles. The summed E-state index contributed by atoms with van der Waals surface area (Å²) >= 11 is 6.15. The Morgan fingerprint density at radius 3 is 2.59 bits per heavy atom. The summed E-state index contributed by atoms with van der Waals surface area (Å²) in [4.78, 5) is 33.4. The second-order valence-electron chi connectivity index (χ2n) is 7.28. The van der Waals surface area contributed by atoms with Gasteiger partial charge in [0.05, 0.1) is 23.6 Å². The van der Waals surface area contributed by atoms with E-state index < -0.39 is 0 Å². The Morgan fingerprint density at radius 2 is 1.97 bits per heavy atom. The van der Waals surface area contributed by atoms with Crippen molar-refractivity contribution in [3.63, 3.8) is 0 Å². The summed E-state index contributed by atoms with van der Waals surface area (Å²) in [5, 5.41) is 3.42. The van der Waals surface area contributed by atoms with Crippen LogP contribution in [0.15, 0.2) is 36.4 Å². The van der Waals surface area contributed by atoms with Crippen molar-refractivity contribution in [1.82, 2.24) is 9.88 Å². The number of fused-ring (bicyclic) bond motifs is 1. The number of pyridine rings is 1. The van der Waals surface area contributed by atoms with Crippen LogP contribution in [0.2, 0.25) is 5.02 Å². The molecule has 2 heterocycles. The van der Waals surface area contributed by atoms with Gasteiger partial charge in [-0.25, -0.2) is 9.78 Å². The van der Waals surface area contributed by atoms with E-state index in [2.05, 4.69) is 10.3 Å². The smallest absolute Gasteiger partial charge is 0.316 e. The minimum atomic E-state index is -0.122. The van der Waals surface area contributed by atoms with Crippen LogP contribution in [0.5, 0.6) is 0 Å². The van der Waals surface area contributed by atoms with Gasteiger partial charge in [-0.2, -0.15) is 0 Å². The van der Waals surface area contributed by atoms with Crippen LogP contribution in [0, 0.1) is 5.92 Å². The molecule has 1 aromatic heterocycles. The maximum absolute atomic E-state index is 13.1. The molecule has 0 saturated carbocycles. The van der Waals surface area contributed by atoms with Crippen molar-refractivity contribution < 1.29 is 9.59 Å². The summed E-state index contributed by atoms with van der Waals surface area (Å²) in [7, 11) is 0. The van der Waals surface area contributed by atoms with E-state index >= 15 is 0 Å². The van der Waals surface area contributed by atoms with Gasteiger partial charge in [-0.1, -0.05) is 31.5 Å². The van der Waals surface area contributed by atoms with Crippen molar-refractivity contribution in [3.05, 3.63) is 47.1 Å². The third kappa shape index (κ3) is 4.82. The van der Waals surface area contributed by atoms with E-state index in [1.165, 1.54) is 0 Å². The van der Waals surface area contributed by atoms with E-state index in [-0.39, 0.29) is 36.3 Å². The second-order valence-corrected chi connectivity index (χ2v) is 7.72. The Morgan fingerprint density at radius 1 is 1.24 bits per heavy atom. The molecule has 2 aromatic rings. The fourth-order valence-electron chi connectivity index (χ4n) is 3.05. The number of nitrogens with zero attached hydrogens (tertiary/aromatic N) is 3. The van der Waals surface area contributed by atoms with Crippen molar-refractivity contribution >= 4 is 53.1 Å². The average Bonchev–Trinajstić information content (AvgIpc) is 2.66. The van der Waals surface area contributed by atoms with Crippen LogP contribution < -0.4 is 10.2 Å². The van der Waals surface area contributed by atoms with Crippen LogP contribution in [0.25, 0.3) is 0 Å². The van der Waals surface area contributed by atoms with Crippen LogP contribution >= 0.6 is 24.0 Å². The van der Waals surface area contributed by atoms with Gasteiger partial charge in [-0.3, -0.25) is 9.69 Å². The quantitative estimate of drug-likeness (QED) is 0.660. The molecule has 8 heteroatoms. The Labute approximate surface area is 182 Å². The van der Waals surface area contributed by atoms with Gasteiger partial charge in [0.1, 0.15) is 5.82 Å². The zero-order valence-corrected chi connectivity index (χ0v) is 18.5. The third-order valence-electron chi connectivity index (χ3n) is 4.95. The van der Waals surface area contributed by atoms with Gasteiger partial charge in [0.2, 0.25) is 5.91 Å². The number of hydrogen-bond donors (Lipinski definition) is 1. The van der Waals surface area contributed by atoms with E-state index in [0.29, 0.717) is 28.8 Å². The van der Waals surface area contributed by atoms with Gasteiger partial charge >= 0.3 is 6.03 Å². The molecule has 0 bridgehead atoms. The Kier molecular flexibility index (Phi) is 7.49. The summed E-state index contributed by atoms with van der Waals surface area (Å²) < 4.78 is 0. The summed E-state index contributed by atoms with van der Waals surface area (Å²) in [6.07, 6.45) is 0.759. The van der Waals surface area contributed by atoms with Gasteiger partial charge in [-0.15, -0.1) is 12.4 Å². The van der Waals surface area contributed by atoms with Crippen molar-refractivity contribution in [2.75, 3.05) is 10.2 Å². The number of benzene rings is 1. The van der Waals surface area contributed by atoms with Gasteiger partial charge in [0.25, 0.3) is 0 Å². The van der Waals surface area contributed by atoms with E-state index in [1.54, 1.807) is 28.0 Å². The topological polar surface area (TPSA) is 65.5 Å². The molecule has 29 heavy (non-hydrogen) atoms. The van der Waals surface area contributed by atoms with Crippen LogP contribution in [0.3, 0.4) is 0 Å². The monoisotopic (exact) mass is 436 g/mol. The second kappa shape index (κ2) is 9.46. The predicted octanol–water partition coefficient (Wildman–Crippen LogP) is 5.62. The molecule has 1 atom stereocenters. The molecule has 0 saturated heterocycles. The van der Waals surface area contributed by atoms with Crippen LogP contribution in [0.1, 0.15) is 39.8 Å². The number of nitrogens with one attached hydrogen (secondary N) is 1. The van der Waals surface area contributed by atoms with Crippen molar-refractivity contribution in [2.24, 2.45) is 5.92 Å². The molecule has 156 valence electrons. The molecule has 6 nitrogen and oxygen atoms in total. The number of halogens is 2. The number of carbonyl (C=O) groups excluding carboxylic acids is 2. The molecule has 0 radical (unpaired) electrons. The number of hydrogen-bond acceptors (Lipinski definition) is 3. The molecule has 0 spiro atoms. The zero-order chi connectivity index (χ0) is 20.4. The number of rotatable bonds is 5. The molecule has 1 aliphatic rings. The van der Waals surface area contributed by atoms with E-state index in [4.69, 9.17) is 11.6 Å². The SMILES string of the molecule is CC[C@@H](C)C(=O)Nc1ccc2c(n1)CN(C(C)C)C(=O)N2c1cccc(Cl)c1.Cl. The minimum absolute atomic E-state index is 0. The number of aromatic nitrogens is 1. The molecule has 0 aliphatic carbocycles. The number of carbonyl (C=O) groups is 2. The highest BCUT2D eigenvalue weighted by atomic mass is 35.5. The fraction of sp³-hybridized carbons (Fsp3) is 0.381. The molecular weight excluding hydrogens is 411 g/mol. The van der Waals surface area contributed by atoms with E-state index in [9.17, 15) is 9.59 Å². The fourth-order valence-corrected chi connectivity index (χ4v) is 3.23. The standard InChI is InChI=1S/C21H25ClN4O2.ClH/c1-5-14(4)20(27)24-19-10-9-18-17(23-19)12-25(13(2)3)21(28)26(18)16-8-6-7-15(22)11-16;/h6-11,13-14H,5,12H2,1-4H3,(H,23,24,27);1H/t14-;/m1./s1. The highest BCUT2D eigenvalue weighted by molar-refractivity contribution is 6.31. The van der Waals surface area contributed by atoms with Gasteiger partial charge in [0, 0.05) is 17.0 Å². The number of urea groups is 1. The molecule has 3 amide bonds. The molecular formula is C21H26Cl2N4O2. The lowest BCUT2D eigenvalue weighted by Gasteiger charge is -2.38. The Bertz CT molecular complexity index is 904. The summed E-state index contributed by atoms with van der Waals surface area (Å²) in [6.45, 7) is 8.17. The van der Waals surface area contributed by atoms with E-state index in [0.717, 1.165) is 12.1 Å². The highest BCUT2D eigenvalue weighted by Gasteiger charge is 2.34. The van der Waals surface area contributed by atoms with Gasteiger partial charge in [0.15, 0.2) is 0 Å². The van der Waals surface area contributed by atoms with Crippen molar-refractivity contribution in [3.8, 4) is 0 Å². The van der Waals surface area contributed by atoms with Crippen LogP contribution in [-0.4, -0.2) is 27.9 Å². The Balaban J connectivity index is 0.00000300. The number of amides is 3. The first-order valence-corrected chi connectivity index (χ1v) is 9.86. The predicted molar refractivity (Wildman–Crippen MR) is 119 cm³/mol. The normalized spacial score (nSPS) is 14.3.